The number of ether oxygens (including phenoxy) is 3. The van der Waals surface area contributed by atoms with Crippen LogP contribution in [0.2, 0.25) is 0 Å². The summed E-state index contributed by atoms with van der Waals surface area (Å²) in [4.78, 5) is 71.9. The SMILES string of the molecule is CC(C)(C)OC(=O)CN1CCN(CC(=O)NC(CS(=O)(=O)O)C(=O)NCCN)CCN(CC(=O)OC(C)(C)C)CCN(CC(=O)OC(C)(C)C)CC1. The molecule has 5 N–H and O–H groups in total. The molecule has 52 heavy (non-hydrogen) atoms. The van der Waals surface area contributed by atoms with Crippen molar-refractivity contribution in [2.24, 2.45) is 5.73 Å². The third kappa shape index (κ3) is 23.6. The molecule has 302 valence electrons. The lowest BCUT2D eigenvalue weighted by Crippen LogP contribution is -2.54. The van der Waals surface area contributed by atoms with Gasteiger partial charge in [0.25, 0.3) is 10.1 Å². The Kier molecular flexibility index (Phi) is 19.1. The van der Waals surface area contributed by atoms with Gasteiger partial charge in [0.1, 0.15) is 28.6 Å². The van der Waals surface area contributed by atoms with E-state index in [1.807, 2.05) is 14.7 Å². The summed E-state index contributed by atoms with van der Waals surface area (Å²) in [6.45, 7) is 18.0. The number of esters is 3. The Morgan fingerprint density at radius 2 is 0.942 bits per heavy atom. The zero-order chi connectivity index (χ0) is 39.9. The molecule has 0 radical (unpaired) electrons. The van der Waals surface area contributed by atoms with Crippen LogP contribution in [0.3, 0.4) is 0 Å². The van der Waals surface area contributed by atoms with Gasteiger partial charge in [-0.3, -0.25) is 48.1 Å². The Balaban J connectivity index is 3.37. The lowest BCUT2D eigenvalue weighted by Gasteiger charge is -2.34. The highest BCUT2D eigenvalue weighted by atomic mass is 32.2. The molecule has 0 aromatic carbocycles. The van der Waals surface area contributed by atoms with E-state index in [-0.39, 0.29) is 65.4 Å². The molecule has 0 aromatic rings. The van der Waals surface area contributed by atoms with Gasteiger partial charge in [0.2, 0.25) is 11.8 Å². The van der Waals surface area contributed by atoms with E-state index in [1.54, 1.807) is 67.2 Å². The van der Waals surface area contributed by atoms with Crippen molar-refractivity contribution < 1.29 is 51.2 Å². The summed E-state index contributed by atoms with van der Waals surface area (Å²) in [6.07, 6.45) is 0. The van der Waals surface area contributed by atoms with Crippen LogP contribution in [0.15, 0.2) is 0 Å². The third-order valence-corrected chi connectivity index (χ3v) is 7.84. The predicted octanol–water partition coefficient (Wildman–Crippen LogP) is -1.32. The van der Waals surface area contributed by atoms with Crippen LogP contribution >= 0.6 is 0 Å². The summed E-state index contributed by atoms with van der Waals surface area (Å²) in [5, 5.41) is 4.81. The maximum atomic E-state index is 13.3. The number of hydrogen-bond donors (Lipinski definition) is 4. The molecule has 0 aromatic heterocycles. The van der Waals surface area contributed by atoms with Gasteiger partial charge in [-0.15, -0.1) is 0 Å². The fourth-order valence-corrected chi connectivity index (χ4v) is 5.69. The van der Waals surface area contributed by atoms with Crippen LogP contribution < -0.4 is 16.4 Å². The first-order valence-electron chi connectivity index (χ1n) is 17.5. The Labute approximate surface area is 309 Å². The average molecular weight is 766 g/mol. The molecule has 1 rings (SSSR count). The molecule has 0 spiro atoms. The van der Waals surface area contributed by atoms with Crippen molar-refractivity contribution in [3.8, 4) is 0 Å². The third-order valence-electron chi connectivity index (χ3n) is 7.09. The van der Waals surface area contributed by atoms with Gasteiger partial charge in [0, 0.05) is 65.4 Å². The number of nitrogens with zero attached hydrogens (tertiary/aromatic N) is 4. The second-order valence-electron chi connectivity index (χ2n) is 15.8. The van der Waals surface area contributed by atoms with Gasteiger partial charge in [-0.25, -0.2) is 0 Å². The number of amides is 2. The first-order valence-corrected chi connectivity index (χ1v) is 19.1. The number of carbonyl (C=O) groups excluding carboxylic acids is 5. The number of carbonyl (C=O) groups is 5. The van der Waals surface area contributed by atoms with Gasteiger partial charge < -0.3 is 30.6 Å². The summed E-state index contributed by atoms with van der Waals surface area (Å²) in [7, 11) is -4.64. The Bertz CT molecular complexity index is 1250. The first-order chi connectivity index (χ1) is 23.7. The van der Waals surface area contributed by atoms with Crippen molar-refractivity contribution in [3.05, 3.63) is 0 Å². The summed E-state index contributed by atoms with van der Waals surface area (Å²) in [5.41, 5.74) is 3.30. The van der Waals surface area contributed by atoms with E-state index >= 15 is 0 Å². The minimum Gasteiger partial charge on any atom is -0.459 e. The van der Waals surface area contributed by atoms with E-state index in [0.717, 1.165) is 0 Å². The van der Waals surface area contributed by atoms with E-state index in [1.165, 1.54) is 0 Å². The van der Waals surface area contributed by atoms with Crippen molar-refractivity contribution in [1.82, 2.24) is 30.2 Å². The zero-order valence-electron chi connectivity index (χ0n) is 32.5. The number of rotatable bonds is 14. The van der Waals surface area contributed by atoms with Gasteiger partial charge in [-0.05, 0) is 62.3 Å². The summed E-state index contributed by atoms with van der Waals surface area (Å²) in [6, 6.07) is -1.58. The fourth-order valence-electron chi connectivity index (χ4n) is 5.04. The van der Waals surface area contributed by atoms with Crippen LogP contribution in [-0.4, -0.2) is 183 Å². The lowest BCUT2D eigenvalue weighted by atomic mass is 10.2. The Hall–Kier alpha value is -2.94. The average Bonchev–Trinajstić information content (AvgIpc) is 2.93. The van der Waals surface area contributed by atoms with E-state index in [4.69, 9.17) is 19.9 Å². The zero-order valence-corrected chi connectivity index (χ0v) is 33.3. The number of hydrogen-bond acceptors (Lipinski definition) is 15. The maximum Gasteiger partial charge on any atom is 0.320 e. The smallest absolute Gasteiger partial charge is 0.320 e. The highest BCUT2D eigenvalue weighted by Crippen LogP contribution is 2.11. The highest BCUT2D eigenvalue weighted by molar-refractivity contribution is 7.85. The van der Waals surface area contributed by atoms with Gasteiger partial charge >= 0.3 is 17.9 Å². The molecule has 1 saturated heterocycles. The fraction of sp³-hybridized carbons (Fsp3) is 0.848. The van der Waals surface area contributed by atoms with E-state index in [2.05, 4.69) is 10.6 Å². The first kappa shape index (κ1) is 47.1. The molecule has 2 amide bonds. The highest BCUT2D eigenvalue weighted by Gasteiger charge is 2.29. The van der Waals surface area contributed by atoms with Crippen molar-refractivity contribution in [1.29, 1.82) is 0 Å². The van der Waals surface area contributed by atoms with Gasteiger partial charge in [0.15, 0.2) is 0 Å². The molecule has 1 fully saturated rings. The number of nitrogens with one attached hydrogen (secondary N) is 2. The van der Waals surface area contributed by atoms with Crippen LogP contribution in [-0.2, 0) is 48.3 Å². The Morgan fingerprint density at radius 1 is 0.635 bits per heavy atom. The molecule has 19 heteroatoms. The molecule has 0 bridgehead atoms. The predicted molar refractivity (Wildman–Crippen MR) is 194 cm³/mol. The van der Waals surface area contributed by atoms with Gasteiger partial charge in [-0.1, -0.05) is 0 Å². The van der Waals surface area contributed by atoms with E-state index in [9.17, 15) is 36.9 Å². The molecule has 1 aliphatic rings. The minimum atomic E-state index is -4.64. The summed E-state index contributed by atoms with van der Waals surface area (Å²) < 4.78 is 49.4. The van der Waals surface area contributed by atoms with Crippen molar-refractivity contribution >= 4 is 39.8 Å². The normalized spacial score (nSPS) is 17.6. The van der Waals surface area contributed by atoms with E-state index < -0.39 is 68.4 Å². The molecule has 0 saturated carbocycles. The molecule has 0 aliphatic carbocycles. The monoisotopic (exact) mass is 765 g/mol. The molecular weight excluding hydrogens is 702 g/mol. The molecule has 1 heterocycles. The summed E-state index contributed by atoms with van der Waals surface area (Å²) in [5.74, 6) is -3.89. The standard InChI is InChI=1S/C33H63N7O11S/c1-31(2,3)49-27(42)21-38-14-12-37(20-26(41)36-25(24-52(46,47)48)30(45)35-11-10-34)13-15-39(22-28(43)50-32(4,5)6)17-19-40(18-16-38)23-29(44)51-33(7,8)9/h25H,10-24,34H2,1-9H3,(H,35,45)(H,36,41)(H,46,47,48). The van der Waals surface area contributed by atoms with Crippen molar-refractivity contribution in [3.63, 3.8) is 0 Å². The molecule has 1 aliphatic heterocycles. The van der Waals surface area contributed by atoms with Crippen molar-refractivity contribution in [2.75, 3.05) is 97.4 Å². The second-order valence-corrected chi connectivity index (χ2v) is 17.3. The van der Waals surface area contributed by atoms with Crippen molar-refractivity contribution in [2.45, 2.75) is 85.2 Å². The minimum absolute atomic E-state index is 0.0201. The second kappa shape index (κ2) is 21.1. The van der Waals surface area contributed by atoms with Crippen LogP contribution in [0.5, 0.6) is 0 Å². The van der Waals surface area contributed by atoms with Crippen LogP contribution in [0.25, 0.3) is 0 Å². The van der Waals surface area contributed by atoms with E-state index in [0.29, 0.717) is 26.2 Å². The lowest BCUT2D eigenvalue weighted by molar-refractivity contribution is -0.158. The largest absolute Gasteiger partial charge is 0.459 e. The van der Waals surface area contributed by atoms with Gasteiger partial charge in [0.05, 0.1) is 26.2 Å². The maximum absolute atomic E-state index is 13.3. The molecule has 18 nitrogen and oxygen atoms in total. The topological polar surface area (TPSA) is 230 Å². The molecular formula is C33H63N7O11S. The Morgan fingerprint density at radius 3 is 1.21 bits per heavy atom. The quantitative estimate of drug-likeness (QED) is 0.0913. The van der Waals surface area contributed by atoms with Crippen LogP contribution in [0.1, 0.15) is 62.3 Å². The molecule has 1 unspecified atom stereocenters. The van der Waals surface area contributed by atoms with Crippen LogP contribution in [0, 0.1) is 0 Å². The van der Waals surface area contributed by atoms with Gasteiger partial charge in [-0.2, -0.15) is 8.42 Å². The van der Waals surface area contributed by atoms with Crippen LogP contribution in [0.4, 0.5) is 0 Å². The number of nitrogens with two attached hydrogens (primary N) is 1. The molecule has 1 atom stereocenters. The summed E-state index contributed by atoms with van der Waals surface area (Å²) >= 11 is 0.